The zero-order valence-corrected chi connectivity index (χ0v) is 12.6. The number of methoxy groups -OCH3 is 1. The van der Waals surface area contributed by atoms with Crippen LogP contribution in [0.3, 0.4) is 0 Å². The Balaban J connectivity index is 2.00. The largest absolute Gasteiger partial charge is 0.497 e. The van der Waals surface area contributed by atoms with Gasteiger partial charge >= 0.3 is 0 Å². The second-order valence-corrected chi connectivity index (χ2v) is 5.46. The third kappa shape index (κ3) is 4.06. The normalized spacial score (nSPS) is 15.2. The van der Waals surface area contributed by atoms with Gasteiger partial charge in [-0.15, -0.1) is 0 Å². The minimum Gasteiger partial charge on any atom is -0.497 e. The van der Waals surface area contributed by atoms with Crippen LogP contribution >= 0.6 is 0 Å². The first kappa shape index (κ1) is 15.5. The molecule has 0 fully saturated rings. The Kier molecular flexibility index (Phi) is 5.37. The summed E-state index contributed by atoms with van der Waals surface area (Å²) in [5.74, 6) is 1.02. The molecule has 0 amide bonds. The van der Waals surface area contributed by atoms with Gasteiger partial charge in [0, 0.05) is 6.04 Å². The quantitative estimate of drug-likeness (QED) is 0.858. The van der Waals surface area contributed by atoms with E-state index < -0.39 is 6.10 Å². The molecule has 0 heterocycles. The molecule has 3 heteroatoms. The highest BCUT2D eigenvalue weighted by atomic mass is 16.5. The molecule has 3 nitrogen and oxygen atoms in total. The van der Waals surface area contributed by atoms with Crippen LogP contribution < -0.4 is 10.5 Å². The molecule has 0 aromatic heterocycles. The van der Waals surface area contributed by atoms with Crippen molar-refractivity contribution in [2.45, 2.75) is 25.5 Å². The number of nitrogens with two attached hydrogens (primary N) is 1. The lowest BCUT2D eigenvalue weighted by atomic mass is 9.88. The number of benzene rings is 2. The Morgan fingerprint density at radius 2 is 1.67 bits per heavy atom. The lowest BCUT2D eigenvalue weighted by Crippen LogP contribution is -2.36. The second-order valence-electron chi connectivity index (χ2n) is 5.46. The van der Waals surface area contributed by atoms with E-state index in [-0.39, 0.29) is 12.0 Å². The van der Waals surface area contributed by atoms with Gasteiger partial charge in [0.15, 0.2) is 0 Å². The lowest BCUT2D eigenvalue weighted by Gasteiger charge is -2.25. The molecule has 0 saturated carbocycles. The summed E-state index contributed by atoms with van der Waals surface area (Å²) in [6.45, 7) is 2.07. The van der Waals surface area contributed by atoms with Gasteiger partial charge < -0.3 is 15.6 Å². The highest BCUT2D eigenvalue weighted by molar-refractivity contribution is 5.27. The molecule has 2 aromatic carbocycles. The Morgan fingerprint density at radius 3 is 2.24 bits per heavy atom. The van der Waals surface area contributed by atoms with E-state index >= 15 is 0 Å². The SMILES string of the molecule is COc1ccc(CC(C)[C@@H](N)[C@H](O)c2ccccc2)cc1. The number of aliphatic hydroxyl groups excluding tert-OH is 1. The molecule has 3 N–H and O–H groups in total. The van der Waals surface area contributed by atoms with E-state index in [0.29, 0.717) is 0 Å². The van der Waals surface area contributed by atoms with Crippen molar-refractivity contribution in [2.75, 3.05) is 7.11 Å². The van der Waals surface area contributed by atoms with Crippen LogP contribution in [0.1, 0.15) is 24.2 Å². The van der Waals surface area contributed by atoms with Crippen LogP contribution in [0.2, 0.25) is 0 Å². The van der Waals surface area contributed by atoms with E-state index in [9.17, 15) is 5.11 Å². The molecule has 21 heavy (non-hydrogen) atoms. The van der Waals surface area contributed by atoms with Crippen molar-refractivity contribution >= 4 is 0 Å². The van der Waals surface area contributed by atoms with Gasteiger partial charge in [-0.2, -0.15) is 0 Å². The minimum atomic E-state index is -0.639. The van der Waals surface area contributed by atoms with Crippen LogP contribution in [-0.4, -0.2) is 18.3 Å². The molecule has 0 aliphatic rings. The number of aliphatic hydroxyl groups is 1. The van der Waals surface area contributed by atoms with Crippen molar-refractivity contribution in [3.8, 4) is 5.75 Å². The molecule has 0 spiro atoms. The van der Waals surface area contributed by atoms with E-state index in [2.05, 4.69) is 6.92 Å². The van der Waals surface area contributed by atoms with Crippen molar-refractivity contribution in [1.82, 2.24) is 0 Å². The average molecular weight is 285 g/mol. The maximum absolute atomic E-state index is 10.4. The average Bonchev–Trinajstić information content (AvgIpc) is 2.55. The Morgan fingerprint density at radius 1 is 1.05 bits per heavy atom. The van der Waals surface area contributed by atoms with Crippen molar-refractivity contribution in [2.24, 2.45) is 11.7 Å². The summed E-state index contributed by atoms with van der Waals surface area (Å²) in [7, 11) is 1.66. The molecule has 0 radical (unpaired) electrons. The first-order chi connectivity index (χ1) is 10.1. The molecule has 2 aromatic rings. The minimum absolute atomic E-state index is 0.175. The third-order valence-corrected chi connectivity index (χ3v) is 3.88. The highest BCUT2D eigenvalue weighted by Crippen LogP contribution is 2.23. The zero-order valence-electron chi connectivity index (χ0n) is 12.6. The van der Waals surface area contributed by atoms with Crippen molar-refractivity contribution in [1.29, 1.82) is 0 Å². The summed E-state index contributed by atoms with van der Waals surface area (Å²) in [6.07, 6.45) is 0.189. The van der Waals surface area contributed by atoms with Crippen molar-refractivity contribution in [3.63, 3.8) is 0 Å². The van der Waals surface area contributed by atoms with Crippen LogP contribution in [0.25, 0.3) is 0 Å². The van der Waals surface area contributed by atoms with Crippen LogP contribution in [0.5, 0.6) is 5.75 Å². The molecule has 0 aliphatic heterocycles. The highest BCUT2D eigenvalue weighted by Gasteiger charge is 2.22. The summed E-state index contributed by atoms with van der Waals surface area (Å²) in [4.78, 5) is 0. The molecule has 0 bridgehead atoms. The molecular formula is C18H23NO2. The third-order valence-electron chi connectivity index (χ3n) is 3.88. The van der Waals surface area contributed by atoms with E-state index in [1.807, 2.05) is 54.6 Å². The smallest absolute Gasteiger partial charge is 0.118 e. The van der Waals surface area contributed by atoms with Gasteiger partial charge in [0.2, 0.25) is 0 Å². The van der Waals surface area contributed by atoms with E-state index in [1.165, 1.54) is 5.56 Å². The van der Waals surface area contributed by atoms with Gasteiger partial charge in [0.1, 0.15) is 5.75 Å². The lowest BCUT2D eigenvalue weighted by molar-refractivity contribution is 0.121. The fraction of sp³-hybridized carbons (Fsp3) is 0.333. The molecule has 1 unspecified atom stereocenters. The van der Waals surface area contributed by atoms with Gasteiger partial charge in [-0.05, 0) is 35.6 Å². The monoisotopic (exact) mass is 285 g/mol. The van der Waals surface area contributed by atoms with Gasteiger partial charge in [0.25, 0.3) is 0 Å². The molecule has 2 rings (SSSR count). The van der Waals surface area contributed by atoms with Gasteiger partial charge in [-0.1, -0.05) is 49.4 Å². The fourth-order valence-electron chi connectivity index (χ4n) is 2.45. The van der Waals surface area contributed by atoms with E-state index in [1.54, 1.807) is 7.11 Å². The summed E-state index contributed by atoms with van der Waals surface area (Å²) in [6, 6.07) is 17.3. The Bertz CT molecular complexity index is 539. The first-order valence-corrected chi connectivity index (χ1v) is 7.23. The molecule has 0 saturated heterocycles. The molecule has 112 valence electrons. The van der Waals surface area contributed by atoms with Crippen molar-refractivity contribution in [3.05, 3.63) is 65.7 Å². The van der Waals surface area contributed by atoms with Crippen LogP contribution in [0, 0.1) is 5.92 Å². The second kappa shape index (κ2) is 7.25. The summed E-state index contributed by atoms with van der Waals surface area (Å²) in [5, 5.41) is 10.4. The Hall–Kier alpha value is -1.84. The van der Waals surface area contributed by atoms with Crippen molar-refractivity contribution < 1.29 is 9.84 Å². The first-order valence-electron chi connectivity index (χ1n) is 7.23. The molecular weight excluding hydrogens is 262 g/mol. The molecule has 3 atom stereocenters. The van der Waals surface area contributed by atoms with Crippen LogP contribution in [0.4, 0.5) is 0 Å². The number of rotatable bonds is 6. The summed E-state index contributed by atoms with van der Waals surface area (Å²) >= 11 is 0. The van der Waals surface area contributed by atoms with Crippen LogP contribution in [0.15, 0.2) is 54.6 Å². The number of ether oxygens (including phenoxy) is 1. The number of hydrogen-bond donors (Lipinski definition) is 2. The standard InChI is InChI=1S/C18H23NO2/c1-13(12-14-8-10-16(21-2)11-9-14)17(19)18(20)15-6-4-3-5-7-15/h3-11,13,17-18,20H,12,19H2,1-2H3/t13?,17-,18-/m1/s1. The predicted molar refractivity (Wildman–Crippen MR) is 85.2 cm³/mol. The van der Waals surface area contributed by atoms with Gasteiger partial charge in [-0.3, -0.25) is 0 Å². The maximum Gasteiger partial charge on any atom is 0.118 e. The van der Waals surface area contributed by atoms with Gasteiger partial charge in [0.05, 0.1) is 13.2 Å². The molecule has 0 aliphatic carbocycles. The zero-order chi connectivity index (χ0) is 15.2. The summed E-state index contributed by atoms with van der Waals surface area (Å²) in [5.41, 5.74) is 8.28. The summed E-state index contributed by atoms with van der Waals surface area (Å²) < 4.78 is 5.15. The topological polar surface area (TPSA) is 55.5 Å². The van der Waals surface area contributed by atoms with Gasteiger partial charge in [-0.25, -0.2) is 0 Å². The number of hydrogen-bond acceptors (Lipinski definition) is 3. The fourth-order valence-corrected chi connectivity index (χ4v) is 2.45. The van der Waals surface area contributed by atoms with E-state index in [0.717, 1.165) is 17.7 Å². The maximum atomic E-state index is 10.4. The van der Waals surface area contributed by atoms with Crippen LogP contribution in [-0.2, 0) is 6.42 Å². The Labute approximate surface area is 126 Å². The predicted octanol–water partition coefficient (Wildman–Crippen LogP) is 2.93. The van der Waals surface area contributed by atoms with E-state index in [4.69, 9.17) is 10.5 Å².